The first kappa shape index (κ1) is 21.6. The van der Waals surface area contributed by atoms with Gasteiger partial charge in [0.05, 0.1) is 0 Å². The van der Waals surface area contributed by atoms with Crippen LogP contribution >= 0.6 is 0 Å². The number of carbonyl (C=O) groups is 2. The van der Waals surface area contributed by atoms with Crippen LogP contribution in [0.2, 0.25) is 0 Å². The lowest BCUT2D eigenvalue weighted by molar-refractivity contribution is -0.141. The number of rotatable bonds is 10. The summed E-state index contributed by atoms with van der Waals surface area (Å²) >= 11 is 0. The van der Waals surface area contributed by atoms with Crippen LogP contribution < -0.4 is 5.32 Å². The van der Waals surface area contributed by atoms with E-state index in [-0.39, 0.29) is 24.2 Å². The lowest BCUT2D eigenvalue weighted by Crippen LogP contribution is -2.50. The first-order chi connectivity index (χ1) is 13.5. The number of hydrogen-bond acceptors (Lipinski definition) is 2. The van der Waals surface area contributed by atoms with E-state index in [1.165, 1.54) is 12.1 Å². The second-order valence-electron chi connectivity index (χ2n) is 6.85. The molecule has 1 atom stereocenters. The molecule has 1 N–H and O–H groups in total. The molecule has 0 heterocycles. The minimum absolute atomic E-state index is 0.101. The van der Waals surface area contributed by atoms with Gasteiger partial charge in [0.25, 0.3) is 0 Å². The summed E-state index contributed by atoms with van der Waals surface area (Å²) in [7, 11) is 0. The second-order valence-corrected chi connectivity index (χ2v) is 6.85. The molecule has 150 valence electrons. The zero-order valence-electron chi connectivity index (χ0n) is 16.7. The van der Waals surface area contributed by atoms with Crippen molar-refractivity contribution in [3.63, 3.8) is 0 Å². The fraction of sp³-hybridized carbons (Fsp3) is 0.391. The van der Waals surface area contributed by atoms with Gasteiger partial charge in [-0.2, -0.15) is 0 Å². The first-order valence-corrected chi connectivity index (χ1v) is 9.90. The summed E-state index contributed by atoms with van der Waals surface area (Å²) in [5, 5.41) is 2.97. The third-order valence-electron chi connectivity index (χ3n) is 4.67. The summed E-state index contributed by atoms with van der Waals surface area (Å²) in [5.41, 5.74) is 1.79. The molecule has 0 aliphatic heterocycles. The molecule has 0 bridgehead atoms. The second kappa shape index (κ2) is 11.2. The highest BCUT2D eigenvalue weighted by atomic mass is 19.1. The van der Waals surface area contributed by atoms with Crippen molar-refractivity contribution < 1.29 is 14.0 Å². The van der Waals surface area contributed by atoms with Crippen LogP contribution in [0.5, 0.6) is 0 Å². The topological polar surface area (TPSA) is 49.4 Å². The molecular formula is C23H29FN2O2. The van der Waals surface area contributed by atoms with Crippen molar-refractivity contribution >= 4 is 11.8 Å². The Balaban J connectivity index is 2.28. The Bertz CT molecular complexity index is 747. The molecule has 2 aromatic carbocycles. The van der Waals surface area contributed by atoms with Crippen LogP contribution in [0.3, 0.4) is 0 Å². The van der Waals surface area contributed by atoms with Gasteiger partial charge in [0.1, 0.15) is 11.9 Å². The van der Waals surface area contributed by atoms with E-state index in [9.17, 15) is 14.0 Å². The maximum atomic E-state index is 13.3. The molecule has 28 heavy (non-hydrogen) atoms. The average molecular weight is 384 g/mol. The summed E-state index contributed by atoms with van der Waals surface area (Å²) < 4.78 is 13.3. The molecule has 0 aliphatic carbocycles. The van der Waals surface area contributed by atoms with Crippen LogP contribution in [0.1, 0.15) is 44.2 Å². The third-order valence-corrected chi connectivity index (χ3v) is 4.67. The Morgan fingerprint density at radius 2 is 1.68 bits per heavy atom. The zero-order chi connectivity index (χ0) is 20.4. The molecule has 0 unspecified atom stereocenters. The van der Waals surface area contributed by atoms with E-state index in [0.717, 1.165) is 24.0 Å². The van der Waals surface area contributed by atoms with Gasteiger partial charge in [-0.15, -0.1) is 0 Å². The average Bonchev–Trinajstić information content (AvgIpc) is 2.72. The van der Waals surface area contributed by atoms with Crippen molar-refractivity contribution in [2.75, 3.05) is 6.54 Å². The lowest BCUT2D eigenvalue weighted by atomic mass is 10.0. The Morgan fingerprint density at radius 3 is 2.29 bits per heavy atom. The highest BCUT2D eigenvalue weighted by molar-refractivity contribution is 5.87. The predicted octanol–water partition coefficient (Wildman–Crippen LogP) is 4.09. The van der Waals surface area contributed by atoms with Crippen molar-refractivity contribution in [1.29, 1.82) is 0 Å². The maximum Gasteiger partial charge on any atom is 0.243 e. The number of nitrogens with zero attached hydrogens (tertiary/aromatic N) is 1. The van der Waals surface area contributed by atoms with E-state index in [2.05, 4.69) is 12.2 Å². The Morgan fingerprint density at radius 1 is 1.00 bits per heavy atom. The molecule has 4 nitrogen and oxygen atoms in total. The van der Waals surface area contributed by atoms with Crippen LogP contribution in [0.25, 0.3) is 0 Å². The molecule has 2 amide bonds. The third kappa shape index (κ3) is 6.48. The van der Waals surface area contributed by atoms with E-state index in [4.69, 9.17) is 0 Å². The van der Waals surface area contributed by atoms with Gasteiger partial charge in [0, 0.05) is 25.9 Å². The SMILES string of the molecule is CCCCNC(=O)[C@@H](Cc1ccccc1)N(Cc1ccc(F)cc1)C(=O)CC. The zero-order valence-corrected chi connectivity index (χ0v) is 16.7. The van der Waals surface area contributed by atoms with Gasteiger partial charge >= 0.3 is 0 Å². The van der Waals surface area contributed by atoms with E-state index >= 15 is 0 Å². The van der Waals surface area contributed by atoms with Crippen molar-refractivity contribution in [2.45, 2.75) is 52.1 Å². The van der Waals surface area contributed by atoms with Crippen molar-refractivity contribution in [2.24, 2.45) is 0 Å². The number of halogens is 1. The molecule has 0 saturated heterocycles. The van der Waals surface area contributed by atoms with Crippen LogP contribution in [-0.2, 0) is 22.6 Å². The van der Waals surface area contributed by atoms with Gasteiger partial charge in [-0.25, -0.2) is 4.39 Å². The number of unbranched alkanes of at least 4 members (excludes halogenated alkanes) is 1. The monoisotopic (exact) mass is 384 g/mol. The van der Waals surface area contributed by atoms with Crippen LogP contribution in [0.15, 0.2) is 54.6 Å². The van der Waals surface area contributed by atoms with Crippen LogP contribution in [0, 0.1) is 5.82 Å². The molecule has 2 rings (SSSR count). The quantitative estimate of drug-likeness (QED) is 0.627. The van der Waals surface area contributed by atoms with E-state index < -0.39 is 6.04 Å². The number of benzene rings is 2. The normalized spacial score (nSPS) is 11.7. The highest BCUT2D eigenvalue weighted by Gasteiger charge is 2.29. The van der Waals surface area contributed by atoms with E-state index in [0.29, 0.717) is 19.4 Å². The minimum Gasteiger partial charge on any atom is -0.354 e. The van der Waals surface area contributed by atoms with Gasteiger partial charge in [-0.05, 0) is 29.7 Å². The molecule has 0 aromatic heterocycles. The summed E-state index contributed by atoms with van der Waals surface area (Å²) in [5.74, 6) is -0.577. The summed E-state index contributed by atoms with van der Waals surface area (Å²) in [6.07, 6.45) is 2.61. The first-order valence-electron chi connectivity index (χ1n) is 9.90. The largest absolute Gasteiger partial charge is 0.354 e. The molecule has 0 fully saturated rings. The molecule has 5 heteroatoms. The van der Waals surface area contributed by atoms with Gasteiger partial charge in [-0.3, -0.25) is 9.59 Å². The fourth-order valence-electron chi connectivity index (χ4n) is 3.05. The maximum absolute atomic E-state index is 13.3. The summed E-state index contributed by atoms with van der Waals surface area (Å²) in [4.78, 5) is 27.3. The molecule has 0 saturated carbocycles. The summed E-state index contributed by atoms with van der Waals surface area (Å²) in [6, 6.07) is 15.1. The van der Waals surface area contributed by atoms with E-state index in [1.54, 1.807) is 24.0 Å². The lowest BCUT2D eigenvalue weighted by Gasteiger charge is -2.31. The molecular weight excluding hydrogens is 355 g/mol. The van der Waals surface area contributed by atoms with Gasteiger partial charge in [-0.1, -0.05) is 62.7 Å². The highest BCUT2D eigenvalue weighted by Crippen LogP contribution is 2.16. The van der Waals surface area contributed by atoms with Crippen LogP contribution in [-0.4, -0.2) is 29.3 Å². The Labute approximate surface area is 166 Å². The van der Waals surface area contributed by atoms with Crippen LogP contribution in [0.4, 0.5) is 4.39 Å². The Kier molecular flexibility index (Phi) is 8.66. The Hall–Kier alpha value is -2.69. The molecule has 0 aliphatic rings. The number of carbonyl (C=O) groups excluding carboxylic acids is 2. The molecule has 0 radical (unpaired) electrons. The fourth-order valence-corrected chi connectivity index (χ4v) is 3.05. The predicted molar refractivity (Wildman–Crippen MR) is 109 cm³/mol. The number of hydrogen-bond donors (Lipinski definition) is 1. The number of nitrogens with one attached hydrogen (secondary N) is 1. The van der Waals surface area contributed by atoms with E-state index in [1.807, 2.05) is 30.3 Å². The summed E-state index contributed by atoms with van der Waals surface area (Å²) in [6.45, 7) is 4.71. The standard InChI is InChI=1S/C23H29FN2O2/c1-3-5-15-25-23(28)21(16-18-9-7-6-8-10-18)26(22(27)4-2)17-19-11-13-20(24)14-12-19/h6-14,21H,3-5,15-17H2,1-2H3,(H,25,28)/t21-/m1/s1. The van der Waals surface area contributed by atoms with Crippen molar-refractivity contribution in [3.8, 4) is 0 Å². The van der Waals surface area contributed by atoms with Crippen molar-refractivity contribution in [1.82, 2.24) is 10.2 Å². The van der Waals surface area contributed by atoms with Crippen molar-refractivity contribution in [3.05, 3.63) is 71.5 Å². The van der Waals surface area contributed by atoms with Gasteiger partial charge in [0.2, 0.25) is 11.8 Å². The minimum atomic E-state index is -0.614. The smallest absolute Gasteiger partial charge is 0.243 e. The van der Waals surface area contributed by atoms with Gasteiger partial charge in [0.15, 0.2) is 0 Å². The molecule has 2 aromatic rings. The number of amides is 2. The van der Waals surface area contributed by atoms with Gasteiger partial charge < -0.3 is 10.2 Å². The molecule has 0 spiro atoms.